The number of carbonyl (C=O) groups is 1. The van der Waals surface area contributed by atoms with Crippen LogP contribution in [-0.4, -0.2) is 46.1 Å². The van der Waals surface area contributed by atoms with Crippen LogP contribution in [0.15, 0.2) is 0 Å². The van der Waals surface area contributed by atoms with E-state index in [1.54, 1.807) is 0 Å². The van der Waals surface area contributed by atoms with E-state index in [0.717, 1.165) is 25.9 Å². The molecule has 5 nitrogen and oxygen atoms in total. The molecule has 0 bridgehead atoms. The predicted molar refractivity (Wildman–Crippen MR) is 65.5 cm³/mol. The van der Waals surface area contributed by atoms with Gasteiger partial charge in [-0.15, -0.1) is 0 Å². The zero-order valence-corrected chi connectivity index (χ0v) is 11.1. The highest BCUT2D eigenvalue weighted by Gasteiger charge is 2.21. The van der Waals surface area contributed by atoms with Gasteiger partial charge in [0, 0.05) is 6.42 Å². The maximum atomic E-state index is 11.8. The van der Waals surface area contributed by atoms with Crippen LogP contribution in [0.25, 0.3) is 0 Å². The Hall–Kier alpha value is -0.620. The average molecular weight is 263 g/mol. The van der Waals surface area contributed by atoms with Crippen molar-refractivity contribution in [3.8, 4) is 0 Å². The maximum Gasteiger partial charge on any atom is 0.305 e. The fraction of sp³-hybridized carbons (Fsp3) is 0.909. The standard InChI is InChI=1S/C11H21NO4S/c1-16-11(13)5-3-7-17(14,15)9-10-4-2-6-12-8-10/h10,12H,2-9H2,1H3. The van der Waals surface area contributed by atoms with E-state index in [2.05, 4.69) is 10.1 Å². The predicted octanol–water partition coefficient (Wildman–Crippen LogP) is 0.354. The van der Waals surface area contributed by atoms with Gasteiger partial charge >= 0.3 is 5.97 Å². The van der Waals surface area contributed by atoms with Gasteiger partial charge in [0.2, 0.25) is 0 Å². The number of methoxy groups -OCH3 is 1. The number of ether oxygens (including phenoxy) is 1. The molecular weight excluding hydrogens is 242 g/mol. The number of carbonyl (C=O) groups excluding carboxylic acids is 1. The monoisotopic (exact) mass is 263 g/mol. The lowest BCUT2D eigenvalue weighted by Gasteiger charge is -2.22. The van der Waals surface area contributed by atoms with Crippen LogP contribution in [0.1, 0.15) is 25.7 Å². The van der Waals surface area contributed by atoms with E-state index in [1.165, 1.54) is 7.11 Å². The molecule has 0 aliphatic carbocycles. The van der Waals surface area contributed by atoms with Crippen LogP contribution in [0.4, 0.5) is 0 Å². The normalized spacial score (nSPS) is 21.1. The summed E-state index contributed by atoms with van der Waals surface area (Å²) in [5.41, 5.74) is 0. The van der Waals surface area contributed by atoms with Gasteiger partial charge in [0.05, 0.1) is 18.6 Å². The van der Waals surface area contributed by atoms with Gasteiger partial charge < -0.3 is 10.1 Å². The summed E-state index contributed by atoms with van der Waals surface area (Å²) in [7, 11) is -1.72. The van der Waals surface area contributed by atoms with Gasteiger partial charge in [0.1, 0.15) is 0 Å². The van der Waals surface area contributed by atoms with Crippen molar-refractivity contribution in [2.45, 2.75) is 25.7 Å². The molecular formula is C11H21NO4S. The average Bonchev–Trinajstić information content (AvgIpc) is 2.29. The molecule has 1 rings (SSSR count). The Balaban J connectivity index is 2.27. The molecule has 0 aromatic rings. The Labute approximate surface area is 103 Å². The molecule has 1 saturated heterocycles. The van der Waals surface area contributed by atoms with Crippen LogP contribution in [0.5, 0.6) is 0 Å². The first kappa shape index (κ1) is 14.4. The van der Waals surface area contributed by atoms with Crippen molar-refractivity contribution in [2.24, 2.45) is 5.92 Å². The molecule has 100 valence electrons. The van der Waals surface area contributed by atoms with Crippen LogP contribution < -0.4 is 5.32 Å². The molecule has 1 aliphatic rings. The van der Waals surface area contributed by atoms with Gasteiger partial charge in [-0.2, -0.15) is 0 Å². The van der Waals surface area contributed by atoms with Crippen molar-refractivity contribution in [3.63, 3.8) is 0 Å². The molecule has 0 saturated carbocycles. The maximum absolute atomic E-state index is 11.8. The van der Waals surface area contributed by atoms with E-state index in [-0.39, 0.29) is 29.8 Å². The first-order valence-electron chi connectivity index (χ1n) is 6.01. The van der Waals surface area contributed by atoms with Crippen LogP contribution in [0.2, 0.25) is 0 Å². The minimum absolute atomic E-state index is 0.0819. The quantitative estimate of drug-likeness (QED) is 0.700. The summed E-state index contributed by atoms with van der Waals surface area (Å²) >= 11 is 0. The number of esters is 1. The van der Waals surface area contributed by atoms with Gasteiger partial charge in [-0.3, -0.25) is 4.79 Å². The fourth-order valence-electron chi connectivity index (χ4n) is 2.05. The number of hydrogen-bond donors (Lipinski definition) is 1. The van der Waals surface area contributed by atoms with E-state index in [0.29, 0.717) is 6.42 Å². The summed E-state index contributed by atoms with van der Waals surface area (Å²) in [6.45, 7) is 1.77. The zero-order valence-electron chi connectivity index (χ0n) is 10.3. The van der Waals surface area contributed by atoms with Gasteiger partial charge in [-0.25, -0.2) is 8.42 Å². The Morgan fingerprint density at radius 2 is 2.24 bits per heavy atom. The largest absolute Gasteiger partial charge is 0.469 e. The number of sulfone groups is 1. The molecule has 0 aromatic heterocycles. The van der Waals surface area contributed by atoms with Gasteiger partial charge in [-0.05, 0) is 38.3 Å². The summed E-state index contributed by atoms with van der Waals surface area (Å²) in [4.78, 5) is 10.9. The van der Waals surface area contributed by atoms with Crippen molar-refractivity contribution in [1.29, 1.82) is 0 Å². The second-order valence-corrected chi connectivity index (χ2v) is 6.74. The molecule has 6 heteroatoms. The fourth-order valence-corrected chi connectivity index (χ4v) is 3.80. The van der Waals surface area contributed by atoms with E-state index < -0.39 is 9.84 Å². The molecule has 0 radical (unpaired) electrons. The van der Waals surface area contributed by atoms with E-state index in [1.807, 2.05) is 0 Å². The molecule has 1 aliphatic heterocycles. The number of nitrogens with one attached hydrogen (secondary N) is 1. The Morgan fingerprint density at radius 3 is 2.82 bits per heavy atom. The minimum Gasteiger partial charge on any atom is -0.469 e. The van der Waals surface area contributed by atoms with Crippen molar-refractivity contribution in [3.05, 3.63) is 0 Å². The number of hydrogen-bond acceptors (Lipinski definition) is 5. The van der Waals surface area contributed by atoms with Crippen LogP contribution in [-0.2, 0) is 19.4 Å². The summed E-state index contributed by atoms with van der Waals surface area (Å²) in [5, 5.41) is 3.20. The molecule has 1 fully saturated rings. The van der Waals surface area contributed by atoms with Crippen molar-refractivity contribution < 1.29 is 17.9 Å². The molecule has 0 spiro atoms. The second-order valence-electron chi connectivity index (χ2n) is 4.51. The summed E-state index contributed by atoms with van der Waals surface area (Å²) in [5.74, 6) is 0.200. The molecule has 1 heterocycles. The molecule has 0 aromatic carbocycles. The first-order chi connectivity index (χ1) is 8.03. The molecule has 0 amide bonds. The molecule has 1 atom stereocenters. The molecule has 17 heavy (non-hydrogen) atoms. The van der Waals surface area contributed by atoms with Crippen molar-refractivity contribution in [1.82, 2.24) is 5.32 Å². The minimum atomic E-state index is -3.03. The van der Waals surface area contributed by atoms with Gasteiger partial charge in [-0.1, -0.05) is 0 Å². The summed E-state index contributed by atoms with van der Waals surface area (Å²) in [6.07, 6.45) is 2.55. The van der Waals surface area contributed by atoms with E-state index in [4.69, 9.17) is 0 Å². The smallest absolute Gasteiger partial charge is 0.305 e. The third-order valence-corrected chi connectivity index (χ3v) is 4.84. The summed E-state index contributed by atoms with van der Waals surface area (Å²) in [6, 6.07) is 0. The lowest BCUT2D eigenvalue weighted by atomic mass is 10.0. The van der Waals surface area contributed by atoms with Crippen molar-refractivity contribution >= 4 is 15.8 Å². The highest BCUT2D eigenvalue weighted by atomic mass is 32.2. The van der Waals surface area contributed by atoms with Gasteiger partial charge in [0.25, 0.3) is 0 Å². The molecule has 1 N–H and O–H groups in total. The lowest BCUT2D eigenvalue weighted by Crippen LogP contribution is -2.34. The van der Waals surface area contributed by atoms with E-state index >= 15 is 0 Å². The third kappa shape index (κ3) is 6.02. The first-order valence-corrected chi connectivity index (χ1v) is 7.83. The SMILES string of the molecule is COC(=O)CCCS(=O)(=O)CC1CCCNC1. The van der Waals surface area contributed by atoms with Crippen LogP contribution in [0, 0.1) is 5.92 Å². The topological polar surface area (TPSA) is 72.5 Å². The second kappa shape index (κ2) is 6.96. The van der Waals surface area contributed by atoms with Crippen LogP contribution in [0.3, 0.4) is 0 Å². The Kier molecular flexibility index (Phi) is 5.91. The van der Waals surface area contributed by atoms with Gasteiger partial charge in [0.15, 0.2) is 9.84 Å². The summed E-state index contributed by atoms with van der Waals surface area (Å²) < 4.78 is 28.0. The highest BCUT2D eigenvalue weighted by Crippen LogP contribution is 2.13. The Morgan fingerprint density at radius 1 is 1.47 bits per heavy atom. The van der Waals surface area contributed by atoms with E-state index in [9.17, 15) is 13.2 Å². The number of rotatable bonds is 6. The Bertz CT molecular complexity index is 333. The third-order valence-electron chi connectivity index (χ3n) is 2.95. The van der Waals surface area contributed by atoms with Crippen molar-refractivity contribution in [2.75, 3.05) is 31.7 Å². The molecule has 1 unspecified atom stereocenters. The van der Waals surface area contributed by atoms with Crippen LogP contribution >= 0.6 is 0 Å². The lowest BCUT2D eigenvalue weighted by molar-refractivity contribution is -0.140. The highest BCUT2D eigenvalue weighted by molar-refractivity contribution is 7.91. The zero-order chi connectivity index (χ0) is 12.7. The number of piperidine rings is 1.